The van der Waals surface area contributed by atoms with Gasteiger partial charge in [-0.25, -0.2) is 13.1 Å². The molecule has 8 heteroatoms. The minimum absolute atomic E-state index is 0.255. The Balaban J connectivity index is 1.37. The Morgan fingerprint density at radius 1 is 1.00 bits per heavy atom. The summed E-state index contributed by atoms with van der Waals surface area (Å²) in [6, 6.07) is 14.6. The zero-order chi connectivity index (χ0) is 22.7. The minimum Gasteiger partial charge on any atom is -0.493 e. The Hall–Kier alpha value is -2.32. The Morgan fingerprint density at radius 3 is 2.41 bits per heavy atom. The van der Waals surface area contributed by atoms with Gasteiger partial charge in [0.25, 0.3) is 0 Å². The van der Waals surface area contributed by atoms with Gasteiger partial charge in [-0.2, -0.15) is 0 Å². The third kappa shape index (κ3) is 4.71. The van der Waals surface area contributed by atoms with E-state index in [1.165, 1.54) is 11.1 Å². The molecule has 1 N–H and O–H groups in total. The van der Waals surface area contributed by atoms with E-state index in [4.69, 9.17) is 21.1 Å². The van der Waals surface area contributed by atoms with Crippen molar-refractivity contribution in [3.8, 4) is 11.5 Å². The van der Waals surface area contributed by atoms with E-state index in [2.05, 4.69) is 15.7 Å². The average Bonchev–Trinajstić information content (AvgIpc) is 2.81. The maximum atomic E-state index is 12.9. The number of hydrogen-bond donors (Lipinski definition) is 1. The topological polar surface area (TPSA) is 67.9 Å². The predicted octanol–water partition coefficient (Wildman–Crippen LogP) is 4.24. The van der Waals surface area contributed by atoms with Gasteiger partial charge < -0.3 is 9.47 Å². The Labute approximate surface area is 194 Å². The number of halogens is 1. The van der Waals surface area contributed by atoms with Crippen molar-refractivity contribution in [3.05, 3.63) is 64.7 Å². The molecule has 0 bridgehead atoms. The summed E-state index contributed by atoms with van der Waals surface area (Å²) in [7, 11) is -0.344. The molecule has 0 spiro atoms. The summed E-state index contributed by atoms with van der Waals surface area (Å²) in [4.78, 5) is 2.59. The number of nitrogens with zero attached hydrogens (tertiary/aromatic N) is 1. The highest BCUT2D eigenvalue weighted by Gasteiger charge is 2.21. The Morgan fingerprint density at radius 2 is 1.69 bits per heavy atom. The first-order chi connectivity index (χ1) is 15.4. The molecule has 0 aliphatic carbocycles. The van der Waals surface area contributed by atoms with Gasteiger partial charge in [-0.15, -0.1) is 0 Å². The standard InChI is InChI=1S/C24H27ClN2O4S/c1-30-22-14-17-10-13-27(16-18(17)15-23(22)31-2)12-5-11-26-32(28,29)24-9-8-21(25)19-6-3-4-7-20(19)24/h3-4,6-9,14-15,26H,5,10-13,16H2,1-2H3. The van der Waals surface area contributed by atoms with E-state index in [1.807, 2.05) is 24.3 Å². The van der Waals surface area contributed by atoms with Crippen LogP contribution in [0.5, 0.6) is 11.5 Å². The van der Waals surface area contributed by atoms with Crippen molar-refractivity contribution in [3.63, 3.8) is 0 Å². The van der Waals surface area contributed by atoms with E-state index in [1.54, 1.807) is 32.4 Å². The van der Waals surface area contributed by atoms with Crippen molar-refractivity contribution < 1.29 is 17.9 Å². The van der Waals surface area contributed by atoms with Crippen molar-refractivity contribution in [1.82, 2.24) is 9.62 Å². The highest BCUT2D eigenvalue weighted by Crippen LogP contribution is 2.33. The van der Waals surface area contributed by atoms with E-state index >= 15 is 0 Å². The number of fused-ring (bicyclic) bond motifs is 2. The van der Waals surface area contributed by atoms with Gasteiger partial charge in [0.15, 0.2) is 11.5 Å². The van der Waals surface area contributed by atoms with Crippen molar-refractivity contribution >= 4 is 32.4 Å². The lowest BCUT2D eigenvalue weighted by atomic mass is 9.98. The highest BCUT2D eigenvalue weighted by atomic mass is 35.5. The van der Waals surface area contributed by atoms with Crippen LogP contribution in [0.15, 0.2) is 53.4 Å². The summed E-state index contributed by atoms with van der Waals surface area (Å²) in [5.74, 6) is 1.49. The van der Waals surface area contributed by atoms with Gasteiger partial charge in [-0.05, 0) is 54.8 Å². The fraction of sp³-hybridized carbons (Fsp3) is 0.333. The second kappa shape index (κ2) is 9.67. The lowest BCUT2D eigenvalue weighted by Gasteiger charge is -2.29. The molecule has 0 atom stereocenters. The van der Waals surface area contributed by atoms with Crippen LogP contribution in [-0.4, -0.2) is 47.2 Å². The molecule has 0 aromatic heterocycles. The molecule has 32 heavy (non-hydrogen) atoms. The fourth-order valence-electron chi connectivity index (χ4n) is 4.19. The molecule has 0 amide bonds. The number of sulfonamides is 1. The number of rotatable bonds is 8. The minimum atomic E-state index is -3.63. The number of hydrogen-bond acceptors (Lipinski definition) is 5. The molecule has 0 radical (unpaired) electrons. The normalized spacial score (nSPS) is 14.3. The van der Waals surface area contributed by atoms with Crippen molar-refractivity contribution in [1.29, 1.82) is 0 Å². The Kier molecular flexibility index (Phi) is 6.90. The van der Waals surface area contributed by atoms with Crippen LogP contribution in [0.1, 0.15) is 17.5 Å². The first kappa shape index (κ1) is 22.9. The van der Waals surface area contributed by atoms with Crippen LogP contribution in [0.2, 0.25) is 5.02 Å². The molecule has 0 saturated heterocycles. The summed E-state index contributed by atoms with van der Waals surface area (Å²) >= 11 is 6.23. The SMILES string of the molecule is COc1cc2c(cc1OC)CN(CCCNS(=O)(=O)c1ccc(Cl)c3ccccc13)CC2. The molecule has 3 aromatic rings. The van der Waals surface area contributed by atoms with Gasteiger partial charge >= 0.3 is 0 Å². The lowest BCUT2D eigenvalue weighted by molar-refractivity contribution is 0.250. The molecular weight excluding hydrogens is 448 g/mol. The van der Waals surface area contributed by atoms with Crippen molar-refractivity contribution in [2.75, 3.05) is 33.9 Å². The van der Waals surface area contributed by atoms with Gasteiger partial charge in [0.2, 0.25) is 10.0 Å². The number of methoxy groups -OCH3 is 2. The van der Waals surface area contributed by atoms with Crippen LogP contribution < -0.4 is 14.2 Å². The van der Waals surface area contributed by atoms with Crippen LogP contribution in [0.3, 0.4) is 0 Å². The third-order valence-electron chi connectivity index (χ3n) is 5.86. The van der Waals surface area contributed by atoms with Gasteiger partial charge in [-0.1, -0.05) is 35.9 Å². The third-order valence-corrected chi connectivity index (χ3v) is 7.71. The maximum Gasteiger partial charge on any atom is 0.241 e. The first-order valence-corrected chi connectivity index (χ1v) is 12.4. The molecule has 0 saturated carbocycles. The molecule has 1 aliphatic rings. The molecular formula is C24H27ClN2O4S. The van der Waals surface area contributed by atoms with Crippen LogP contribution in [0.4, 0.5) is 0 Å². The van der Waals surface area contributed by atoms with E-state index < -0.39 is 10.0 Å². The summed E-state index contributed by atoms with van der Waals surface area (Å²) in [6.07, 6.45) is 1.64. The summed E-state index contributed by atoms with van der Waals surface area (Å²) in [5.41, 5.74) is 2.50. The lowest BCUT2D eigenvalue weighted by Crippen LogP contribution is -2.33. The van der Waals surface area contributed by atoms with Crippen LogP contribution in [-0.2, 0) is 23.0 Å². The summed E-state index contributed by atoms with van der Waals surface area (Å²) < 4.78 is 39.4. The summed E-state index contributed by atoms with van der Waals surface area (Å²) in [5, 5.41) is 1.90. The first-order valence-electron chi connectivity index (χ1n) is 10.6. The monoisotopic (exact) mass is 474 g/mol. The van der Waals surface area contributed by atoms with Gasteiger partial charge in [0.05, 0.1) is 19.1 Å². The number of benzene rings is 3. The van der Waals surface area contributed by atoms with E-state index in [0.717, 1.165) is 42.9 Å². The molecule has 170 valence electrons. The van der Waals surface area contributed by atoms with Crippen LogP contribution in [0, 0.1) is 0 Å². The van der Waals surface area contributed by atoms with Crippen molar-refractivity contribution in [2.24, 2.45) is 0 Å². The molecule has 1 aliphatic heterocycles. The van der Waals surface area contributed by atoms with E-state index in [9.17, 15) is 8.42 Å². The molecule has 1 heterocycles. The Bertz CT molecular complexity index is 1230. The zero-order valence-electron chi connectivity index (χ0n) is 18.2. The quantitative estimate of drug-likeness (QED) is 0.495. The number of nitrogens with one attached hydrogen (secondary N) is 1. The van der Waals surface area contributed by atoms with E-state index in [0.29, 0.717) is 23.4 Å². The second-order valence-corrected chi connectivity index (χ2v) is 9.99. The highest BCUT2D eigenvalue weighted by molar-refractivity contribution is 7.89. The smallest absolute Gasteiger partial charge is 0.241 e. The molecule has 6 nitrogen and oxygen atoms in total. The number of ether oxygens (including phenoxy) is 2. The van der Waals surface area contributed by atoms with Gasteiger partial charge in [0, 0.05) is 35.4 Å². The largest absolute Gasteiger partial charge is 0.493 e. The average molecular weight is 475 g/mol. The second-order valence-electron chi connectivity index (χ2n) is 7.84. The van der Waals surface area contributed by atoms with Crippen molar-refractivity contribution in [2.45, 2.75) is 24.3 Å². The van der Waals surface area contributed by atoms with Gasteiger partial charge in [0.1, 0.15) is 0 Å². The summed E-state index contributed by atoms with van der Waals surface area (Å²) in [6.45, 7) is 2.91. The van der Waals surface area contributed by atoms with E-state index in [-0.39, 0.29) is 4.90 Å². The molecule has 4 rings (SSSR count). The molecule has 0 fully saturated rings. The predicted molar refractivity (Wildman–Crippen MR) is 127 cm³/mol. The fourth-order valence-corrected chi connectivity index (χ4v) is 5.70. The molecule has 3 aromatic carbocycles. The van der Waals surface area contributed by atoms with Crippen LogP contribution >= 0.6 is 11.6 Å². The van der Waals surface area contributed by atoms with Gasteiger partial charge in [-0.3, -0.25) is 4.90 Å². The van der Waals surface area contributed by atoms with Crippen LogP contribution in [0.25, 0.3) is 10.8 Å². The maximum absolute atomic E-state index is 12.9. The zero-order valence-corrected chi connectivity index (χ0v) is 19.8. The molecule has 0 unspecified atom stereocenters.